The zero-order chi connectivity index (χ0) is 17.9. The predicted molar refractivity (Wildman–Crippen MR) is 92.8 cm³/mol. The highest BCUT2D eigenvalue weighted by molar-refractivity contribution is 5.93. The van der Waals surface area contributed by atoms with Crippen LogP contribution in [0.4, 0.5) is 5.69 Å². The normalized spacial score (nSPS) is 10.8. The molecule has 2 heterocycles. The second-order valence-corrected chi connectivity index (χ2v) is 5.44. The van der Waals surface area contributed by atoms with Crippen molar-refractivity contribution in [2.75, 3.05) is 11.9 Å². The summed E-state index contributed by atoms with van der Waals surface area (Å²) >= 11 is 0. The minimum Gasteiger partial charge on any atom is -0.484 e. The maximum atomic E-state index is 12.0. The van der Waals surface area contributed by atoms with E-state index in [1.165, 1.54) is 6.39 Å². The van der Waals surface area contributed by atoms with Gasteiger partial charge < -0.3 is 24.4 Å². The van der Waals surface area contributed by atoms with Gasteiger partial charge in [0.2, 0.25) is 12.3 Å². The fourth-order valence-electron chi connectivity index (χ4n) is 2.45. The number of imidazole rings is 1. The number of nitrogens with one attached hydrogen (secondary N) is 3. The van der Waals surface area contributed by atoms with Crippen LogP contribution in [0, 0.1) is 0 Å². The van der Waals surface area contributed by atoms with Gasteiger partial charge in [-0.3, -0.25) is 4.79 Å². The molecule has 0 atom stereocenters. The number of aromatic amines is 2. The first-order valence-corrected chi connectivity index (χ1v) is 7.69. The van der Waals surface area contributed by atoms with E-state index in [1.807, 2.05) is 0 Å². The van der Waals surface area contributed by atoms with E-state index in [4.69, 9.17) is 9.15 Å². The van der Waals surface area contributed by atoms with Gasteiger partial charge in [0, 0.05) is 11.3 Å². The first kappa shape index (κ1) is 15.6. The van der Waals surface area contributed by atoms with Gasteiger partial charge in [0.05, 0.1) is 11.0 Å². The van der Waals surface area contributed by atoms with Crippen molar-refractivity contribution in [1.82, 2.24) is 20.2 Å². The summed E-state index contributed by atoms with van der Waals surface area (Å²) in [6, 6.07) is 12.0. The van der Waals surface area contributed by atoms with Gasteiger partial charge in [-0.15, -0.1) is 10.2 Å². The molecule has 26 heavy (non-hydrogen) atoms. The fraction of sp³-hybridized carbons (Fsp3) is 0.0588. The van der Waals surface area contributed by atoms with Gasteiger partial charge in [0.15, 0.2) is 6.61 Å². The van der Waals surface area contributed by atoms with E-state index in [9.17, 15) is 9.59 Å². The van der Waals surface area contributed by atoms with E-state index < -0.39 is 0 Å². The number of anilines is 1. The Kier molecular flexibility index (Phi) is 3.94. The maximum absolute atomic E-state index is 12.0. The molecule has 4 rings (SSSR count). The van der Waals surface area contributed by atoms with Crippen LogP contribution in [0.25, 0.3) is 22.5 Å². The van der Waals surface area contributed by atoms with Crippen molar-refractivity contribution in [1.29, 1.82) is 0 Å². The van der Waals surface area contributed by atoms with Crippen LogP contribution in [-0.2, 0) is 4.79 Å². The number of aromatic nitrogens is 4. The number of ether oxygens (including phenoxy) is 1. The summed E-state index contributed by atoms with van der Waals surface area (Å²) in [7, 11) is 0. The number of hydrogen-bond acceptors (Lipinski definition) is 6. The molecule has 1 amide bonds. The number of hydrogen-bond donors (Lipinski definition) is 3. The van der Waals surface area contributed by atoms with Crippen LogP contribution in [0.5, 0.6) is 5.75 Å². The van der Waals surface area contributed by atoms with Crippen molar-refractivity contribution < 1.29 is 13.9 Å². The molecule has 0 spiro atoms. The summed E-state index contributed by atoms with van der Waals surface area (Å²) in [5, 5.41) is 10.1. The number of amides is 1. The van der Waals surface area contributed by atoms with E-state index in [1.54, 1.807) is 42.5 Å². The van der Waals surface area contributed by atoms with Crippen molar-refractivity contribution in [2.45, 2.75) is 0 Å². The van der Waals surface area contributed by atoms with Crippen LogP contribution in [0.3, 0.4) is 0 Å². The molecule has 2 aromatic carbocycles. The number of fused-ring (bicyclic) bond motifs is 1. The minimum atomic E-state index is -0.316. The van der Waals surface area contributed by atoms with E-state index >= 15 is 0 Å². The van der Waals surface area contributed by atoms with Crippen LogP contribution < -0.4 is 15.7 Å². The summed E-state index contributed by atoms with van der Waals surface area (Å²) in [6.45, 7) is -0.151. The van der Waals surface area contributed by atoms with E-state index in [0.29, 0.717) is 28.4 Å². The molecule has 0 aliphatic heterocycles. The van der Waals surface area contributed by atoms with Crippen LogP contribution >= 0.6 is 0 Å². The average molecular weight is 351 g/mol. The Morgan fingerprint density at radius 1 is 1.12 bits per heavy atom. The summed E-state index contributed by atoms with van der Waals surface area (Å²) in [4.78, 5) is 28.6. The van der Waals surface area contributed by atoms with Crippen molar-refractivity contribution in [3.05, 3.63) is 59.3 Å². The zero-order valence-electron chi connectivity index (χ0n) is 13.4. The summed E-state index contributed by atoms with van der Waals surface area (Å²) < 4.78 is 10.6. The molecule has 9 heteroatoms. The quantitative estimate of drug-likeness (QED) is 0.504. The molecule has 4 aromatic rings. The second kappa shape index (κ2) is 6.55. The highest BCUT2D eigenvalue weighted by Crippen LogP contribution is 2.20. The summed E-state index contributed by atoms with van der Waals surface area (Å²) in [5.41, 5.74) is 2.31. The SMILES string of the molecule is O=C(COc1ccc(-c2nnco2)cc1)Nc1ccc2[nH]c(=O)[nH]c2c1. The third-order valence-electron chi connectivity index (χ3n) is 3.63. The van der Waals surface area contributed by atoms with E-state index in [-0.39, 0.29) is 18.2 Å². The molecule has 0 unspecified atom stereocenters. The lowest BCUT2D eigenvalue weighted by atomic mass is 10.2. The fourth-order valence-corrected chi connectivity index (χ4v) is 2.45. The molecular formula is C17H13N5O4. The topological polar surface area (TPSA) is 126 Å². The van der Waals surface area contributed by atoms with Gasteiger partial charge in [0.25, 0.3) is 5.91 Å². The molecule has 0 aliphatic rings. The van der Waals surface area contributed by atoms with Crippen LogP contribution in [-0.4, -0.2) is 32.7 Å². The van der Waals surface area contributed by atoms with Gasteiger partial charge in [-0.1, -0.05) is 0 Å². The highest BCUT2D eigenvalue weighted by atomic mass is 16.5. The highest BCUT2D eigenvalue weighted by Gasteiger charge is 2.07. The van der Waals surface area contributed by atoms with E-state index in [2.05, 4.69) is 25.5 Å². The number of rotatable bonds is 5. The maximum Gasteiger partial charge on any atom is 0.323 e. The zero-order valence-corrected chi connectivity index (χ0v) is 13.4. The number of nitrogens with zero attached hydrogens (tertiary/aromatic N) is 2. The first-order chi connectivity index (χ1) is 12.7. The van der Waals surface area contributed by atoms with Crippen LogP contribution in [0.1, 0.15) is 0 Å². The van der Waals surface area contributed by atoms with Gasteiger partial charge in [-0.05, 0) is 42.5 Å². The molecule has 0 aliphatic carbocycles. The van der Waals surface area contributed by atoms with Crippen LogP contribution in [0.2, 0.25) is 0 Å². The Labute approximate surface area is 146 Å². The molecular weight excluding hydrogens is 338 g/mol. The number of carbonyl (C=O) groups is 1. The largest absolute Gasteiger partial charge is 0.484 e. The Bertz CT molecular complexity index is 1100. The standard InChI is InChI=1S/C17H13N5O4/c23-15(19-11-3-6-13-14(7-11)21-17(24)20-13)8-25-12-4-1-10(2-5-12)16-22-18-9-26-16/h1-7,9H,8H2,(H,19,23)(H2,20,21,24). The molecule has 2 aromatic heterocycles. The Hall–Kier alpha value is -3.88. The molecule has 0 bridgehead atoms. The van der Waals surface area contributed by atoms with E-state index in [0.717, 1.165) is 5.56 Å². The smallest absolute Gasteiger partial charge is 0.323 e. The lowest BCUT2D eigenvalue weighted by molar-refractivity contribution is -0.118. The molecule has 3 N–H and O–H groups in total. The van der Waals surface area contributed by atoms with Crippen molar-refractivity contribution in [2.24, 2.45) is 0 Å². The Morgan fingerprint density at radius 2 is 1.92 bits per heavy atom. The van der Waals surface area contributed by atoms with Gasteiger partial charge >= 0.3 is 5.69 Å². The summed E-state index contributed by atoms with van der Waals surface area (Å²) in [6.07, 6.45) is 1.25. The molecule has 0 radical (unpaired) electrons. The van der Waals surface area contributed by atoms with Gasteiger partial charge in [0.1, 0.15) is 5.75 Å². The molecule has 0 saturated carbocycles. The number of H-pyrrole nitrogens is 2. The molecule has 130 valence electrons. The Morgan fingerprint density at radius 3 is 2.69 bits per heavy atom. The van der Waals surface area contributed by atoms with Gasteiger partial charge in [-0.2, -0.15) is 0 Å². The van der Waals surface area contributed by atoms with Gasteiger partial charge in [-0.25, -0.2) is 4.79 Å². The summed E-state index contributed by atoms with van der Waals surface area (Å²) in [5.74, 6) is 0.629. The second-order valence-electron chi connectivity index (χ2n) is 5.44. The third kappa shape index (κ3) is 3.31. The number of benzene rings is 2. The lowest BCUT2D eigenvalue weighted by Gasteiger charge is -2.08. The monoisotopic (exact) mass is 351 g/mol. The van der Waals surface area contributed by atoms with Crippen molar-refractivity contribution >= 4 is 22.6 Å². The predicted octanol–water partition coefficient (Wildman–Crippen LogP) is 1.92. The first-order valence-electron chi connectivity index (χ1n) is 7.69. The van der Waals surface area contributed by atoms with Crippen molar-refractivity contribution in [3.63, 3.8) is 0 Å². The number of carbonyl (C=O) groups excluding carboxylic acids is 1. The Balaban J connectivity index is 1.36. The third-order valence-corrected chi connectivity index (χ3v) is 3.63. The lowest BCUT2D eigenvalue weighted by Crippen LogP contribution is -2.20. The van der Waals surface area contributed by atoms with Crippen LogP contribution in [0.15, 0.2) is 58.1 Å². The molecule has 0 fully saturated rings. The molecule has 9 nitrogen and oxygen atoms in total. The average Bonchev–Trinajstić information content (AvgIpc) is 3.29. The molecule has 0 saturated heterocycles. The van der Waals surface area contributed by atoms with Crippen molar-refractivity contribution in [3.8, 4) is 17.2 Å². The minimum absolute atomic E-state index is 0.151.